The second-order valence-corrected chi connectivity index (χ2v) is 4.93. The highest BCUT2D eigenvalue weighted by molar-refractivity contribution is 5.87. The van der Waals surface area contributed by atoms with Crippen LogP contribution in [0.4, 0.5) is 0 Å². The summed E-state index contributed by atoms with van der Waals surface area (Å²) in [5.74, 6) is 0. The van der Waals surface area contributed by atoms with Gasteiger partial charge in [0.15, 0.2) is 0 Å². The Bertz CT molecular complexity index is 663. The van der Waals surface area contributed by atoms with E-state index in [0.717, 1.165) is 11.1 Å². The maximum absolute atomic E-state index is 4.23. The Morgan fingerprint density at radius 1 is 1.00 bits per heavy atom. The Balaban J connectivity index is 2.39. The second kappa shape index (κ2) is 7.30. The molecule has 0 fully saturated rings. The van der Waals surface area contributed by atoms with Gasteiger partial charge in [0.1, 0.15) is 0 Å². The van der Waals surface area contributed by atoms with E-state index in [9.17, 15) is 0 Å². The molecule has 2 aromatic carbocycles. The van der Waals surface area contributed by atoms with E-state index in [1.54, 1.807) is 0 Å². The smallest absolute Gasteiger partial charge is 0.00277 e. The SMILES string of the molecule is C=C(/C=C(\C=C/NC)c1ccccc1)c1ccccc1C. The summed E-state index contributed by atoms with van der Waals surface area (Å²) in [5.41, 5.74) is 5.76. The van der Waals surface area contributed by atoms with E-state index >= 15 is 0 Å². The summed E-state index contributed by atoms with van der Waals surface area (Å²) in [5, 5.41) is 3.04. The first kappa shape index (κ1) is 14.9. The largest absolute Gasteiger partial charge is 0.394 e. The molecule has 1 N–H and O–H groups in total. The average molecular weight is 275 g/mol. The minimum atomic E-state index is 1.02. The van der Waals surface area contributed by atoms with Crippen LogP contribution < -0.4 is 5.32 Å². The Morgan fingerprint density at radius 2 is 1.67 bits per heavy atom. The molecule has 0 radical (unpaired) electrons. The Hall–Kier alpha value is -2.54. The first-order chi connectivity index (χ1) is 10.2. The molecule has 0 spiro atoms. The van der Waals surface area contributed by atoms with Crippen LogP contribution in [-0.2, 0) is 0 Å². The second-order valence-electron chi connectivity index (χ2n) is 4.93. The molecule has 21 heavy (non-hydrogen) atoms. The quantitative estimate of drug-likeness (QED) is 0.771. The van der Waals surface area contributed by atoms with Crippen molar-refractivity contribution < 1.29 is 0 Å². The zero-order valence-electron chi connectivity index (χ0n) is 12.6. The summed E-state index contributed by atoms with van der Waals surface area (Å²) in [4.78, 5) is 0. The molecular formula is C20H21N. The van der Waals surface area contributed by atoms with Gasteiger partial charge in [0.2, 0.25) is 0 Å². The van der Waals surface area contributed by atoms with E-state index in [0.29, 0.717) is 0 Å². The van der Waals surface area contributed by atoms with Crippen LogP contribution >= 0.6 is 0 Å². The lowest BCUT2D eigenvalue weighted by atomic mass is 9.97. The van der Waals surface area contributed by atoms with Crippen LogP contribution in [0.2, 0.25) is 0 Å². The van der Waals surface area contributed by atoms with Crippen molar-refractivity contribution in [3.05, 3.63) is 96.2 Å². The number of hydrogen-bond acceptors (Lipinski definition) is 1. The van der Waals surface area contributed by atoms with Gasteiger partial charge in [-0.05, 0) is 53.1 Å². The summed E-state index contributed by atoms with van der Waals surface area (Å²) < 4.78 is 0. The highest BCUT2D eigenvalue weighted by Crippen LogP contribution is 2.24. The van der Waals surface area contributed by atoms with Gasteiger partial charge in [0.05, 0.1) is 0 Å². The fourth-order valence-electron chi connectivity index (χ4n) is 2.23. The van der Waals surface area contributed by atoms with Gasteiger partial charge < -0.3 is 5.32 Å². The topological polar surface area (TPSA) is 12.0 Å². The monoisotopic (exact) mass is 275 g/mol. The van der Waals surface area contributed by atoms with Gasteiger partial charge in [0, 0.05) is 7.05 Å². The third-order valence-corrected chi connectivity index (χ3v) is 3.36. The van der Waals surface area contributed by atoms with E-state index in [4.69, 9.17) is 0 Å². The molecular weight excluding hydrogens is 254 g/mol. The van der Waals surface area contributed by atoms with Crippen molar-refractivity contribution in [1.29, 1.82) is 0 Å². The molecule has 0 aliphatic heterocycles. The van der Waals surface area contributed by atoms with Gasteiger partial charge in [-0.25, -0.2) is 0 Å². The number of allylic oxidation sites excluding steroid dienone is 4. The van der Waals surface area contributed by atoms with Crippen LogP contribution in [-0.4, -0.2) is 7.05 Å². The molecule has 0 saturated heterocycles. The lowest BCUT2D eigenvalue weighted by Gasteiger charge is -2.08. The zero-order valence-corrected chi connectivity index (χ0v) is 12.6. The molecule has 0 atom stereocenters. The zero-order chi connectivity index (χ0) is 15.1. The van der Waals surface area contributed by atoms with Gasteiger partial charge in [-0.1, -0.05) is 61.2 Å². The van der Waals surface area contributed by atoms with Crippen LogP contribution in [0.15, 0.2) is 79.5 Å². The third-order valence-electron chi connectivity index (χ3n) is 3.36. The maximum Gasteiger partial charge on any atom is 0.00277 e. The summed E-state index contributed by atoms with van der Waals surface area (Å²) in [6, 6.07) is 18.7. The van der Waals surface area contributed by atoms with Gasteiger partial charge in [-0.15, -0.1) is 0 Å². The van der Waals surface area contributed by atoms with E-state index in [1.165, 1.54) is 16.7 Å². The standard InChI is InChI=1S/C20H21N/c1-16-9-7-8-12-20(16)17(2)15-19(13-14-21-3)18-10-5-4-6-11-18/h4-15,21H,2H2,1,3H3/b14-13-,19-15+. The Kier molecular flexibility index (Phi) is 5.16. The molecule has 2 aromatic rings. The van der Waals surface area contributed by atoms with Crippen LogP contribution in [0.3, 0.4) is 0 Å². The normalized spacial score (nSPS) is 11.6. The molecule has 0 aliphatic rings. The number of benzene rings is 2. The number of nitrogens with one attached hydrogen (secondary N) is 1. The van der Waals surface area contributed by atoms with Crippen molar-refractivity contribution in [3.63, 3.8) is 0 Å². The predicted molar refractivity (Wildman–Crippen MR) is 92.8 cm³/mol. The van der Waals surface area contributed by atoms with Crippen molar-refractivity contribution in [1.82, 2.24) is 5.32 Å². The molecule has 1 nitrogen and oxygen atoms in total. The van der Waals surface area contributed by atoms with Crippen LogP contribution in [0.5, 0.6) is 0 Å². The Labute approximate surface area is 127 Å². The molecule has 106 valence electrons. The molecule has 0 bridgehead atoms. The van der Waals surface area contributed by atoms with Crippen molar-refractivity contribution in [3.8, 4) is 0 Å². The number of aryl methyl sites for hydroxylation is 1. The van der Waals surface area contributed by atoms with E-state index in [2.05, 4.69) is 61.3 Å². The molecule has 0 aliphatic carbocycles. The van der Waals surface area contributed by atoms with Gasteiger partial charge in [-0.3, -0.25) is 0 Å². The maximum atomic E-state index is 4.23. The van der Waals surface area contributed by atoms with Gasteiger partial charge in [-0.2, -0.15) is 0 Å². The molecule has 0 amide bonds. The molecule has 0 saturated carbocycles. The molecule has 0 aromatic heterocycles. The van der Waals surface area contributed by atoms with Crippen molar-refractivity contribution >= 4 is 11.1 Å². The average Bonchev–Trinajstić information content (AvgIpc) is 2.52. The summed E-state index contributed by atoms with van der Waals surface area (Å²) in [6.45, 7) is 6.34. The fraction of sp³-hybridized carbons (Fsp3) is 0.100. The molecule has 0 unspecified atom stereocenters. The summed E-state index contributed by atoms with van der Waals surface area (Å²) >= 11 is 0. The van der Waals surface area contributed by atoms with E-state index < -0.39 is 0 Å². The number of hydrogen-bond donors (Lipinski definition) is 1. The van der Waals surface area contributed by atoms with E-state index in [-0.39, 0.29) is 0 Å². The van der Waals surface area contributed by atoms with Crippen LogP contribution in [0.25, 0.3) is 11.1 Å². The first-order valence-electron chi connectivity index (χ1n) is 7.08. The van der Waals surface area contributed by atoms with Crippen LogP contribution in [0.1, 0.15) is 16.7 Å². The van der Waals surface area contributed by atoms with Crippen molar-refractivity contribution in [2.75, 3.05) is 7.05 Å². The lowest BCUT2D eigenvalue weighted by Crippen LogP contribution is -1.92. The third kappa shape index (κ3) is 3.96. The van der Waals surface area contributed by atoms with Crippen molar-refractivity contribution in [2.45, 2.75) is 6.92 Å². The minimum Gasteiger partial charge on any atom is -0.394 e. The Morgan fingerprint density at radius 3 is 2.33 bits per heavy atom. The van der Waals surface area contributed by atoms with E-state index in [1.807, 2.05) is 37.5 Å². The van der Waals surface area contributed by atoms with Gasteiger partial charge >= 0.3 is 0 Å². The molecule has 1 heteroatoms. The summed E-state index contributed by atoms with van der Waals surface area (Å²) in [7, 11) is 1.90. The fourth-order valence-corrected chi connectivity index (χ4v) is 2.23. The van der Waals surface area contributed by atoms with Crippen LogP contribution in [0, 0.1) is 6.92 Å². The predicted octanol–water partition coefficient (Wildman–Crippen LogP) is 4.82. The van der Waals surface area contributed by atoms with Crippen molar-refractivity contribution in [2.24, 2.45) is 0 Å². The summed E-state index contributed by atoms with van der Waals surface area (Å²) in [6.07, 6.45) is 6.13. The van der Waals surface area contributed by atoms with Gasteiger partial charge in [0.25, 0.3) is 0 Å². The first-order valence-corrected chi connectivity index (χ1v) is 7.08. The lowest BCUT2D eigenvalue weighted by molar-refractivity contribution is 1.10. The number of rotatable bonds is 5. The molecule has 0 heterocycles. The highest BCUT2D eigenvalue weighted by Gasteiger charge is 2.02. The minimum absolute atomic E-state index is 1.02. The highest BCUT2D eigenvalue weighted by atomic mass is 14.8. The molecule has 2 rings (SSSR count).